The predicted octanol–water partition coefficient (Wildman–Crippen LogP) is 7.05. The molecule has 186 valence electrons. The van der Waals surface area contributed by atoms with Crippen LogP contribution < -0.4 is 4.31 Å². The van der Waals surface area contributed by atoms with E-state index in [0.29, 0.717) is 12.8 Å². The van der Waals surface area contributed by atoms with Crippen molar-refractivity contribution in [2.45, 2.75) is 37.1 Å². The van der Waals surface area contributed by atoms with Crippen molar-refractivity contribution in [2.24, 2.45) is 0 Å². The summed E-state index contributed by atoms with van der Waals surface area (Å²) in [5.41, 5.74) is 1.98. The van der Waals surface area contributed by atoms with Gasteiger partial charge in [0, 0.05) is 21.8 Å². The number of hydrogen-bond acceptors (Lipinski definition) is 4. The van der Waals surface area contributed by atoms with Gasteiger partial charge in [0.25, 0.3) is 10.0 Å². The fourth-order valence-electron chi connectivity index (χ4n) is 4.08. The summed E-state index contributed by atoms with van der Waals surface area (Å²) in [6.07, 6.45) is 3.13. The number of halogens is 2. The first-order valence-electron chi connectivity index (χ1n) is 11.4. The number of carbonyl (C=O) groups is 1. The number of aromatic nitrogens is 1. The quantitative estimate of drug-likeness (QED) is 0.245. The lowest BCUT2D eigenvalue weighted by Gasteiger charge is -2.30. The van der Waals surface area contributed by atoms with Crippen molar-refractivity contribution in [3.63, 3.8) is 0 Å². The maximum absolute atomic E-state index is 13.9. The highest BCUT2D eigenvalue weighted by molar-refractivity contribution is 7.93. The first-order valence-corrected chi connectivity index (χ1v) is 13.6. The number of carboxylic acids is 1. The molecule has 0 amide bonds. The summed E-state index contributed by atoms with van der Waals surface area (Å²) < 4.78 is 28.7. The number of pyridine rings is 1. The SMILES string of the molecule is CCCCC(C(=O)O)N(c1ccc2cc(-c3ccccn3)ccc2c1)S(=O)(=O)c1cc(Cl)cc(Cl)c1. The van der Waals surface area contributed by atoms with Crippen LogP contribution in [-0.2, 0) is 14.8 Å². The number of rotatable bonds is 9. The van der Waals surface area contributed by atoms with Gasteiger partial charge in [0.1, 0.15) is 6.04 Å². The molecule has 36 heavy (non-hydrogen) atoms. The lowest BCUT2D eigenvalue weighted by atomic mass is 10.0. The van der Waals surface area contributed by atoms with Gasteiger partial charge in [0.15, 0.2) is 0 Å². The fraction of sp³-hybridized carbons (Fsp3) is 0.185. The summed E-state index contributed by atoms with van der Waals surface area (Å²) in [6, 6.07) is 19.1. The van der Waals surface area contributed by atoms with Crippen molar-refractivity contribution in [2.75, 3.05) is 4.31 Å². The number of unbranched alkanes of at least 4 members (excludes halogenated alkanes) is 1. The zero-order valence-corrected chi connectivity index (χ0v) is 21.8. The van der Waals surface area contributed by atoms with Gasteiger partial charge in [-0.05, 0) is 65.7 Å². The van der Waals surface area contributed by atoms with Gasteiger partial charge in [-0.15, -0.1) is 0 Å². The van der Waals surface area contributed by atoms with E-state index in [0.717, 1.165) is 26.3 Å². The number of benzene rings is 3. The highest BCUT2D eigenvalue weighted by Crippen LogP contribution is 2.34. The van der Waals surface area contributed by atoms with E-state index in [-0.39, 0.29) is 27.0 Å². The molecule has 9 heteroatoms. The lowest BCUT2D eigenvalue weighted by molar-refractivity contribution is -0.138. The minimum atomic E-state index is -4.32. The maximum Gasteiger partial charge on any atom is 0.327 e. The van der Waals surface area contributed by atoms with Crippen LogP contribution in [0.4, 0.5) is 5.69 Å². The third-order valence-corrected chi connectivity index (χ3v) is 8.08. The van der Waals surface area contributed by atoms with Gasteiger partial charge in [-0.2, -0.15) is 0 Å². The Kier molecular flexibility index (Phi) is 7.83. The largest absolute Gasteiger partial charge is 0.480 e. The minimum absolute atomic E-state index is 0.141. The minimum Gasteiger partial charge on any atom is -0.480 e. The molecule has 4 rings (SSSR count). The Balaban J connectivity index is 1.86. The van der Waals surface area contributed by atoms with Crippen molar-refractivity contribution >= 4 is 55.7 Å². The molecule has 6 nitrogen and oxygen atoms in total. The van der Waals surface area contributed by atoms with Crippen LogP contribution in [0.3, 0.4) is 0 Å². The van der Waals surface area contributed by atoms with E-state index in [1.165, 1.54) is 18.2 Å². The van der Waals surface area contributed by atoms with Crippen molar-refractivity contribution in [1.82, 2.24) is 4.98 Å². The summed E-state index contributed by atoms with van der Waals surface area (Å²) in [5, 5.41) is 12.0. The molecular weight excluding hydrogens is 519 g/mol. The molecule has 0 saturated heterocycles. The first-order chi connectivity index (χ1) is 17.2. The van der Waals surface area contributed by atoms with Crippen molar-refractivity contribution in [3.8, 4) is 11.3 Å². The van der Waals surface area contributed by atoms with Crippen LogP contribution in [-0.4, -0.2) is 30.5 Å². The predicted molar refractivity (Wildman–Crippen MR) is 144 cm³/mol. The monoisotopic (exact) mass is 542 g/mol. The second kappa shape index (κ2) is 10.9. The fourth-order valence-corrected chi connectivity index (χ4v) is 6.43. The molecule has 1 heterocycles. The molecule has 1 aromatic heterocycles. The molecule has 0 saturated carbocycles. The summed E-state index contributed by atoms with van der Waals surface area (Å²) in [4.78, 5) is 16.5. The zero-order chi connectivity index (χ0) is 25.9. The molecule has 1 unspecified atom stereocenters. The van der Waals surface area contributed by atoms with E-state index in [1.54, 1.807) is 24.4 Å². The third kappa shape index (κ3) is 5.48. The summed E-state index contributed by atoms with van der Waals surface area (Å²) >= 11 is 12.2. The van der Waals surface area contributed by atoms with Gasteiger partial charge in [-0.3, -0.25) is 9.29 Å². The van der Waals surface area contributed by atoms with Crippen molar-refractivity contribution in [3.05, 3.63) is 89.0 Å². The molecule has 0 bridgehead atoms. The van der Waals surface area contributed by atoms with Crippen LogP contribution in [0, 0.1) is 0 Å². The molecule has 3 aromatic carbocycles. The maximum atomic E-state index is 13.9. The van der Waals surface area contributed by atoms with Gasteiger partial charge in [0.2, 0.25) is 0 Å². The highest BCUT2D eigenvalue weighted by atomic mass is 35.5. The molecule has 0 spiro atoms. The molecule has 0 fully saturated rings. The van der Waals surface area contributed by atoms with E-state index in [4.69, 9.17) is 23.2 Å². The Hall–Kier alpha value is -3.13. The van der Waals surface area contributed by atoms with Crippen molar-refractivity contribution in [1.29, 1.82) is 0 Å². The van der Waals surface area contributed by atoms with E-state index in [1.807, 2.05) is 43.3 Å². The number of carboxylic acid groups (broad SMARTS) is 1. The van der Waals surface area contributed by atoms with Gasteiger partial charge in [-0.25, -0.2) is 13.2 Å². The average molecular weight is 543 g/mol. The number of hydrogen-bond donors (Lipinski definition) is 1. The Morgan fingerprint density at radius 1 is 0.972 bits per heavy atom. The highest BCUT2D eigenvalue weighted by Gasteiger charge is 2.36. The zero-order valence-electron chi connectivity index (χ0n) is 19.4. The lowest BCUT2D eigenvalue weighted by Crippen LogP contribution is -2.45. The van der Waals surface area contributed by atoms with E-state index < -0.39 is 22.0 Å². The van der Waals surface area contributed by atoms with Gasteiger partial charge < -0.3 is 5.11 Å². The molecule has 0 aliphatic rings. The van der Waals surface area contributed by atoms with E-state index >= 15 is 0 Å². The van der Waals surface area contributed by atoms with Crippen LogP contribution in [0.25, 0.3) is 22.0 Å². The molecule has 0 radical (unpaired) electrons. The smallest absolute Gasteiger partial charge is 0.327 e. The van der Waals surface area contributed by atoms with E-state index in [9.17, 15) is 18.3 Å². The molecule has 0 aliphatic carbocycles. The summed E-state index contributed by atoms with van der Waals surface area (Å²) in [6.45, 7) is 1.92. The number of fused-ring (bicyclic) bond motifs is 1. The van der Waals surface area contributed by atoms with Crippen LogP contribution in [0.5, 0.6) is 0 Å². The Bertz CT molecular complexity index is 1490. The molecular formula is C27H24Cl2N2O4S. The topological polar surface area (TPSA) is 87.6 Å². The van der Waals surface area contributed by atoms with Crippen molar-refractivity contribution < 1.29 is 18.3 Å². The number of anilines is 1. The molecule has 1 N–H and O–H groups in total. The second-order valence-corrected chi connectivity index (χ2v) is 11.1. The Morgan fingerprint density at radius 2 is 1.67 bits per heavy atom. The second-order valence-electron chi connectivity index (χ2n) is 8.36. The van der Waals surface area contributed by atoms with Gasteiger partial charge in [-0.1, -0.05) is 67.2 Å². The number of nitrogens with zero attached hydrogens (tertiary/aromatic N) is 2. The van der Waals surface area contributed by atoms with Crippen LogP contribution >= 0.6 is 23.2 Å². The van der Waals surface area contributed by atoms with Gasteiger partial charge >= 0.3 is 5.97 Å². The number of aliphatic carboxylic acids is 1. The Labute approximate surface area is 220 Å². The average Bonchev–Trinajstić information content (AvgIpc) is 2.85. The van der Waals surface area contributed by atoms with Crippen LogP contribution in [0.1, 0.15) is 26.2 Å². The normalized spacial score (nSPS) is 12.4. The van der Waals surface area contributed by atoms with Crippen LogP contribution in [0.15, 0.2) is 83.9 Å². The van der Waals surface area contributed by atoms with Crippen LogP contribution in [0.2, 0.25) is 10.0 Å². The summed E-state index contributed by atoms with van der Waals surface area (Å²) in [5.74, 6) is -1.23. The first kappa shape index (κ1) is 25.9. The van der Waals surface area contributed by atoms with Gasteiger partial charge in [0.05, 0.1) is 16.3 Å². The summed E-state index contributed by atoms with van der Waals surface area (Å²) in [7, 11) is -4.32. The van der Waals surface area contributed by atoms with E-state index in [2.05, 4.69) is 4.98 Å². The number of sulfonamides is 1. The molecule has 1 atom stereocenters. The molecule has 4 aromatic rings. The molecule has 0 aliphatic heterocycles. The Morgan fingerprint density at radius 3 is 2.31 bits per heavy atom. The third-order valence-electron chi connectivity index (χ3n) is 5.83. The standard InChI is InChI=1S/C27H24Cl2N2O4S/c1-2-3-7-26(27(32)33)31(36(34,35)24-16-21(28)15-22(29)17-24)23-11-10-18-13-20(9-8-19(18)14-23)25-6-4-5-12-30-25/h4-6,8-17,26H,2-3,7H2,1H3,(H,32,33).